The van der Waals surface area contributed by atoms with Crippen molar-refractivity contribution >= 4 is 63.2 Å². The SMILES string of the molecule is COc1cc(Nc2c(C#N)cnc3cc(OCCCN4CCN(Cc5cc(F)c6c(c5)CN(C5CCC(=O)NC5=O)C6=O)CC4)c(OC)cc23)c(Cl)cc1Cl. The van der Waals surface area contributed by atoms with Crippen LogP contribution in [0.3, 0.4) is 0 Å². The number of fused-ring (bicyclic) bond motifs is 2. The highest BCUT2D eigenvalue weighted by Gasteiger charge is 2.40. The molecule has 13 nitrogen and oxygen atoms in total. The second-order valence-electron chi connectivity index (χ2n) is 13.6. The van der Waals surface area contributed by atoms with E-state index < -0.39 is 23.7 Å². The molecule has 1 unspecified atom stereocenters. The van der Waals surface area contributed by atoms with Crippen LogP contribution < -0.4 is 24.8 Å². The highest BCUT2D eigenvalue weighted by molar-refractivity contribution is 6.37. The summed E-state index contributed by atoms with van der Waals surface area (Å²) in [7, 11) is 3.06. The van der Waals surface area contributed by atoms with Crippen molar-refractivity contribution in [3.8, 4) is 23.3 Å². The molecular formula is C39H38Cl2FN7O6. The maximum atomic E-state index is 15.2. The van der Waals surface area contributed by atoms with Crippen molar-refractivity contribution in [2.45, 2.75) is 38.4 Å². The summed E-state index contributed by atoms with van der Waals surface area (Å²) in [6.45, 7) is 5.18. The predicted molar refractivity (Wildman–Crippen MR) is 204 cm³/mol. The van der Waals surface area contributed by atoms with E-state index in [2.05, 4.69) is 31.5 Å². The van der Waals surface area contributed by atoms with E-state index in [1.165, 1.54) is 24.3 Å². The Balaban J connectivity index is 0.925. The molecule has 0 spiro atoms. The number of nitrogens with zero attached hydrogens (tertiary/aromatic N) is 5. The van der Waals surface area contributed by atoms with Gasteiger partial charge in [0.25, 0.3) is 5.91 Å². The first-order chi connectivity index (χ1) is 26.6. The smallest absolute Gasteiger partial charge is 0.258 e. The number of ether oxygens (including phenoxy) is 3. The van der Waals surface area contributed by atoms with Gasteiger partial charge in [0.05, 0.1) is 58.9 Å². The lowest BCUT2D eigenvalue weighted by Crippen LogP contribution is -2.52. The Labute approximate surface area is 326 Å². The van der Waals surface area contributed by atoms with Crippen LogP contribution in [0.1, 0.15) is 46.3 Å². The first-order valence-corrected chi connectivity index (χ1v) is 18.6. The first-order valence-electron chi connectivity index (χ1n) is 17.8. The number of carbonyl (C=O) groups is 3. The van der Waals surface area contributed by atoms with E-state index in [-0.39, 0.29) is 30.9 Å². The summed E-state index contributed by atoms with van der Waals surface area (Å²) < 4.78 is 32.4. The average molecular weight is 791 g/mol. The van der Waals surface area contributed by atoms with Crippen molar-refractivity contribution in [2.24, 2.45) is 0 Å². The van der Waals surface area contributed by atoms with Gasteiger partial charge >= 0.3 is 0 Å². The molecule has 0 radical (unpaired) electrons. The topological polar surface area (TPSA) is 149 Å². The molecule has 3 amide bonds. The van der Waals surface area contributed by atoms with Gasteiger partial charge in [0.2, 0.25) is 11.8 Å². The van der Waals surface area contributed by atoms with Crippen molar-refractivity contribution in [1.82, 2.24) is 25.0 Å². The summed E-state index contributed by atoms with van der Waals surface area (Å²) in [6.07, 6.45) is 2.62. The van der Waals surface area contributed by atoms with Gasteiger partial charge in [0.1, 0.15) is 23.7 Å². The number of methoxy groups -OCH3 is 2. The van der Waals surface area contributed by atoms with Crippen molar-refractivity contribution in [1.29, 1.82) is 5.26 Å². The summed E-state index contributed by atoms with van der Waals surface area (Å²) >= 11 is 12.7. The van der Waals surface area contributed by atoms with Gasteiger partial charge in [-0.25, -0.2) is 4.39 Å². The number of nitriles is 1. The number of nitrogens with one attached hydrogen (secondary N) is 2. The molecule has 2 fully saturated rings. The van der Waals surface area contributed by atoms with Crippen LogP contribution in [0.25, 0.3) is 10.9 Å². The van der Waals surface area contributed by atoms with Gasteiger partial charge in [0, 0.05) is 75.9 Å². The van der Waals surface area contributed by atoms with Crippen LogP contribution in [0, 0.1) is 17.1 Å². The molecule has 0 aliphatic carbocycles. The van der Waals surface area contributed by atoms with Gasteiger partial charge in [-0.2, -0.15) is 5.26 Å². The fourth-order valence-electron chi connectivity index (χ4n) is 7.32. The Morgan fingerprint density at radius 2 is 1.75 bits per heavy atom. The summed E-state index contributed by atoms with van der Waals surface area (Å²) in [5.41, 5.74) is 3.24. The Hall–Kier alpha value is -5.20. The molecule has 4 aromatic rings. The van der Waals surface area contributed by atoms with Crippen molar-refractivity contribution in [3.05, 3.63) is 80.7 Å². The number of hydrogen-bond acceptors (Lipinski definition) is 11. The number of benzene rings is 3. The molecule has 3 aliphatic heterocycles. The maximum Gasteiger partial charge on any atom is 0.258 e. The predicted octanol–water partition coefficient (Wildman–Crippen LogP) is 5.66. The largest absolute Gasteiger partial charge is 0.495 e. The normalized spacial score (nSPS) is 17.6. The highest BCUT2D eigenvalue weighted by atomic mass is 35.5. The molecule has 7 rings (SSSR count). The number of amides is 3. The van der Waals surface area contributed by atoms with E-state index >= 15 is 4.39 Å². The molecule has 4 heterocycles. The number of pyridine rings is 1. The lowest BCUT2D eigenvalue weighted by molar-refractivity contribution is -0.136. The minimum Gasteiger partial charge on any atom is -0.495 e. The zero-order valence-corrected chi connectivity index (χ0v) is 31.7. The summed E-state index contributed by atoms with van der Waals surface area (Å²) in [4.78, 5) is 47.5. The summed E-state index contributed by atoms with van der Waals surface area (Å²) in [6, 6.07) is 11.5. The lowest BCUT2D eigenvalue weighted by atomic mass is 10.0. The van der Waals surface area contributed by atoms with E-state index in [9.17, 15) is 19.6 Å². The number of hydrogen-bond donors (Lipinski definition) is 2. The van der Waals surface area contributed by atoms with Gasteiger partial charge in [0.15, 0.2) is 11.5 Å². The molecule has 2 saturated heterocycles. The zero-order chi connectivity index (χ0) is 38.8. The molecule has 0 bridgehead atoms. The second-order valence-corrected chi connectivity index (χ2v) is 14.4. The molecule has 55 heavy (non-hydrogen) atoms. The third kappa shape index (κ3) is 7.97. The van der Waals surface area contributed by atoms with E-state index in [0.717, 1.165) is 44.7 Å². The first kappa shape index (κ1) is 38.1. The summed E-state index contributed by atoms with van der Waals surface area (Å²) in [5, 5.41) is 16.7. The fraction of sp³-hybridized carbons (Fsp3) is 0.359. The van der Waals surface area contributed by atoms with Crippen molar-refractivity contribution < 1.29 is 33.0 Å². The van der Waals surface area contributed by atoms with E-state index in [1.807, 2.05) is 6.07 Å². The molecule has 286 valence electrons. The van der Waals surface area contributed by atoms with Crippen LogP contribution >= 0.6 is 23.2 Å². The van der Waals surface area contributed by atoms with Crippen LogP contribution in [0.15, 0.2) is 42.6 Å². The van der Waals surface area contributed by atoms with Crippen molar-refractivity contribution in [3.63, 3.8) is 0 Å². The molecule has 2 N–H and O–H groups in total. The van der Waals surface area contributed by atoms with Crippen LogP contribution in [0.5, 0.6) is 17.2 Å². The number of anilines is 2. The number of piperidine rings is 1. The standard InChI is InChI=1S/C39H38Cl2FN7O6/c1-53-32-17-30(26(40)15-27(32)41)45-37-24(18-43)19-44-29-16-34(33(54-2)14-25(29)37)55-11-3-6-47-7-9-48(10-8-47)20-22-12-23-21-49(39(52)36(23)28(42)13-22)31-4-5-35(50)46-38(31)51/h12-17,19,31H,3-11,20-21H2,1-2H3,(H,44,45)(H,46,50,51). The van der Waals surface area contributed by atoms with Gasteiger partial charge < -0.3 is 29.3 Å². The van der Waals surface area contributed by atoms with E-state index in [0.29, 0.717) is 73.9 Å². The zero-order valence-electron chi connectivity index (χ0n) is 30.2. The van der Waals surface area contributed by atoms with Gasteiger partial charge in [-0.1, -0.05) is 29.3 Å². The quantitative estimate of drug-likeness (QED) is 0.135. The van der Waals surface area contributed by atoms with Crippen LogP contribution in [-0.2, 0) is 22.7 Å². The fourth-order valence-corrected chi connectivity index (χ4v) is 7.83. The number of rotatable bonds is 12. The average Bonchev–Trinajstić information content (AvgIpc) is 3.50. The maximum absolute atomic E-state index is 15.2. The third-order valence-corrected chi connectivity index (χ3v) is 10.8. The van der Waals surface area contributed by atoms with Gasteiger partial charge in [-0.3, -0.25) is 29.6 Å². The van der Waals surface area contributed by atoms with E-state index in [4.69, 9.17) is 37.4 Å². The number of piperazine rings is 1. The van der Waals surface area contributed by atoms with Crippen LogP contribution in [0.2, 0.25) is 10.0 Å². The Bertz CT molecular complexity index is 2230. The monoisotopic (exact) mass is 789 g/mol. The number of imide groups is 1. The second kappa shape index (κ2) is 16.3. The van der Waals surface area contributed by atoms with Crippen molar-refractivity contribution in [2.75, 3.05) is 58.9 Å². The number of aromatic nitrogens is 1. The minimum atomic E-state index is -0.785. The Morgan fingerprint density at radius 1 is 0.982 bits per heavy atom. The molecule has 3 aromatic carbocycles. The lowest BCUT2D eigenvalue weighted by Gasteiger charge is -2.34. The number of halogens is 3. The molecular weight excluding hydrogens is 752 g/mol. The molecule has 16 heteroatoms. The molecule has 0 saturated carbocycles. The highest BCUT2D eigenvalue weighted by Crippen LogP contribution is 2.40. The Kier molecular flexibility index (Phi) is 11.3. The van der Waals surface area contributed by atoms with E-state index in [1.54, 1.807) is 31.4 Å². The van der Waals surface area contributed by atoms with Crippen LogP contribution in [0.4, 0.5) is 15.8 Å². The summed E-state index contributed by atoms with van der Waals surface area (Å²) in [5.74, 6) is -0.546. The molecule has 1 aromatic heterocycles. The molecule has 1 atom stereocenters. The van der Waals surface area contributed by atoms with Gasteiger partial charge in [-0.05, 0) is 42.2 Å². The molecule has 3 aliphatic rings. The minimum absolute atomic E-state index is 0.00819. The third-order valence-electron chi connectivity index (χ3n) is 10.2. The van der Waals surface area contributed by atoms with Crippen LogP contribution in [-0.4, -0.2) is 97.0 Å². The van der Waals surface area contributed by atoms with Gasteiger partial charge in [-0.15, -0.1) is 0 Å². The Morgan fingerprint density at radius 3 is 2.47 bits per heavy atom. The number of carbonyl (C=O) groups excluding carboxylic acids is 3.